The molecule has 1 aromatic carbocycles. The molecule has 156 valence electrons. The number of amides is 1. The lowest BCUT2D eigenvalue weighted by Crippen LogP contribution is -2.46. The Morgan fingerprint density at radius 1 is 1.10 bits per heavy atom. The van der Waals surface area contributed by atoms with Crippen LogP contribution in [0.4, 0.5) is 11.4 Å². The Hall–Kier alpha value is -2.60. The highest BCUT2D eigenvalue weighted by molar-refractivity contribution is 5.94. The van der Waals surface area contributed by atoms with Crippen LogP contribution in [0.2, 0.25) is 0 Å². The standard InChI is InChI=1S/C23H33N5O/c1-18-7-5-8-22(19(18)2)28-13-11-27(12-14-28)21-15-20(16-24-17-21)23(29)25-9-6-10-26(3)4/h5,7-8,15-17H,6,9-14H2,1-4H3,(H,25,29). The summed E-state index contributed by atoms with van der Waals surface area (Å²) in [7, 11) is 4.07. The molecule has 2 aromatic rings. The molecule has 1 amide bonds. The van der Waals surface area contributed by atoms with Gasteiger partial charge in [-0.3, -0.25) is 9.78 Å². The van der Waals surface area contributed by atoms with Gasteiger partial charge in [0.1, 0.15) is 0 Å². The van der Waals surface area contributed by atoms with Crippen LogP contribution >= 0.6 is 0 Å². The number of nitrogens with one attached hydrogen (secondary N) is 1. The summed E-state index contributed by atoms with van der Waals surface area (Å²) < 4.78 is 0. The molecular weight excluding hydrogens is 362 g/mol. The lowest BCUT2D eigenvalue weighted by Gasteiger charge is -2.38. The van der Waals surface area contributed by atoms with E-state index in [4.69, 9.17) is 0 Å². The normalized spacial score (nSPS) is 14.4. The molecule has 0 unspecified atom stereocenters. The number of aryl methyl sites for hydroxylation is 1. The third-order valence-electron chi connectivity index (χ3n) is 5.62. The Bertz CT molecular complexity index is 828. The first-order valence-electron chi connectivity index (χ1n) is 10.4. The van der Waals surface area contributed by atoms with E-state index in [9.17, 15) is 4.79 Å². The monoisotopic (exact) mass is 395 g/mol. The van der Waals surface area contributed by atoms with Gasteiger partial charge in [0.05, 0.1) is 17.4 Å². The van der Waals surface area contributed by atoms with Gasteiger partial charge >= 0.3 is 0 Å². The third kappa shape index (κ3) is 5.48. The molecule has 3 rings (SSSR count). The van der Waals surface area contributed by atoms with E-state index in [1.807, 2.05) is 26.4 Å². The number of pyridine rings is 1. The Labute approximate surface area is 174 Å². The second kappa shape index (κ2) is 9.74. The fraction of sp³-hybridized carbons (Fsp3) is 0.478. The molecule has 1 aliphatic heterocycles. The van der Waals surface area contributed by atoms with Crippen molar-refractivity contribution < 1.29 is 4.79 Å². The molecule has 1 saturated heterocycles. The SMILES string of the molecule is Cc1cccc(N2CCN(c3cncc(C(=O)NCCCN(C)C)c3)CC2)c1C. The molecular formula is C23H33N5O. The van der Waals surface area contributed by atoms with Crippen molar-refractivity contribution in [1.29, 1.82) is 0 Å². The van der Waals surface area contributed by atoms with E-state index < -0.39 is 0 Å². The first-order valence-corrected chi connectivity index (χ1v) is 10.4. The van der Waals surface area contributed by atoms with Crippen LogP contribution in [0.1, 0.15) is 27.9 Å². The number of nitrogens with zero attached hydrogens (tertiary/aromatic N) is 4. The van der Waals surface area contributed by atoms with Gasteiger partial charge in [0, 0.05) is 44.6 Å². The van der Waals surface area contributed by atoms with Gasteiger partial charge in [-0.25, -0.2) is 0 Å². The fourth-order valence-corrected chi connectivity index (χ4v) is 3.71. The molecule has 1 aliphatic rings. The van der Waals surface area contributed by atoms with Gasteiger partial charge in [-0.2, -0.15) is 0 Å². The van der Waals surface area contributed by atoms with Crippen LogP contribution in [-0.2, 0) is 0 Å². The van der Waals surface area contributed by atoms with Gasteiger partial charge in [-0.05, 0) is 64.2 Å². The summed E-state index contributed by atoms with van der Waals surface area (Å²) in [6.07, 6.45) is 4.44. The van der Waals surface area contributed by atoms with Gasteiger partial charge in [0.15, 0.2) is 0 Å². The van der Waals surface area contributed by atoms with E-state index in [1.165, 1.54) is 16.8 Å². The molecule has 6 nitrogen and oxygen atoms in total. The van der Waals surface area contributed by atoms with E-state index in [0.717, 1.165) is 44.8 Å². The summed E-state index contributed by atoms with van der Waals surface area (Å²) in [5.74, 6) is -0.0490. The van der Waals surface area contributed by atoms with Crippen molar-refractivity contribution >= 4 is 17.3 Å². The molecule has 6 heteroatoms. The Balaban J connectivity index is 1.58. The maximum atomic E-state index is 12.4. The summed E-state index contributed by atoms with van der Waals surface area (Å²) in [6.45, 7) is 9.76. The van der Waals surface area contributed by atoms with Crippen LogP contribution < -0.4 is 15.1 Å². The number of aromatic nitrogens is 1. The summed E-state index contributed by atoms with van der Waals surface area (Å²) >= 11 is 0. The van der Waals surface area contributed by atoms with Crippen molar-refractivity contribution in [2.75, 3.05) is 63.2 Å². The van der Waals surface area contributed by atoms with E-state index in [0.29, 0.717) is 12.1 Å². The predicted octanol–water partition coefficient (Wildman–Crippen LogP) is 2.71. The number of carbonyl (C=O) groups excluding carboxylic acids is 1. The second-order valence-electron chi connectivity index (χ2n) is 8.04. The topological polar surface area (TPSA) is 51.7 Å². The van der Waals surface area contributed by atoms with Gasteiger partial charge in [-0.1, -0.05) is 12.1 Å². The Kier molecular flexibility index (Phi) is 7.09. The molecule has 0 aliphatic carbocycles. The van der Waals surface area contributed by atoms with Crippen LogP contribution in [0.15, 0.2) is 36.7 Å². The van der Waals surface area contributed by atoms with Crippen LogP contribution in [0, 0.1) is 13.8 Å². The molecule has 29 heavy (non-hydrogen) atoms. The fourth-order valence-electron chi connectivity index (χ4n) is 3.71. The summed E-state index contributed by atoms with van der Waals surface area (Å²) in [5, 5.41) is 2.99. The number of benzene rings is 1. The summed E-state index contributed by atoms with van der Waals surface area (Å²) in [6, 6.07) is 8.47. The van der Waals surface area contributed by atoms with E-state index in [1.54, 1.807) is 6.20 Å². The number of carbonyl (C=O) groups is 1. The van der Waals surface area contributed by atoms with Crippen LogP contribution in [0.5, 0.6) is 0 Å². The van der Waals surface area contributed by atoms with Crippen molar-refractivity contribution in [3.8, 4) is 0 Å². The zero-order chi connectivity index (χ0) is 20.8. The highest BCUT2D eigenvalue weighted by Crippen LogP contribution is 2.25. The first kappa shape index (κ1) is 21.1. The first-order chi connectivity index (χ1) is 14.0. The maximum absolute atomic E-state index is 12.4. The van der Waals surface area contributed by atoms with Crippen molar-refractivity contribution in [2.45, 2.75) is 20.3 Å². The van der Waals surface area contributed by atoms with Gasteiger partial charge in [0.2, 0.25) is 0 Å². The lowest BCUT2D eigenvalue weighted by molar-refractivity contribution is 0.0952. The molecule has 1 fully saturated rings. The average Bonchev–Trinajstić information content (AvgIpc) is 2.73. The Morgan fingerprint density at radius 3 is 2.55 bits per heavy atom. The minimum atomic E-state index is -0.0490. The van der Waals surface area contributed by atoms with E-state index in [2.05, 4.69) is 57.0 Å². The molecule has 1 aromatic heterocycles. The van der Waals surface area contributed by atoms with E-state index in [-0.39, 0.29) is 5.91 Å². The number of hydrogen-bond acceptors (Lipinski definition) is 5. The van der Waals surface area contributed by atoms with Gasteiger partial charge in [0.25, 0.3) is 5.91 Å². The van der Waals surface area contributed by atoms with Crippen LogP contribution in [-0.4, -0.2) is 69.2 Å². The van der Waals surface area contributed by atoms with Gasteiger partial charge in [-0.15, -0.1) is 0 Å². The molecule has 0 bridgehead atoms. The smallest absolute Gasteiger partial charge is 0.252 e. The zero-order valence-corrected chi connectivity index (χ0v) is 18.1. The lowest BCUT2D eigenvalue weighted by atomic mass is 10.1. The Morgan fingerprint density at radius 2 is 1.83 bits per heavy atom. The average molecular weight is 396 g/mol. The van der Waals surface area contributed by atoms with E-state index >= 15 is 0 Å². The summed E-state index contributed by atoms with van der Waals surface area (Å²) in [5.41, 5.74) is 5.67. The molecule has 0 radical (unpaired) electrons. The quantitative estimate of drug-likeness (QED) is 0.731. The van der Waals surface area contributed by atoms with Crippen LogP contribution in [0.25, 0.3) is 0 Å². The molecule has 2 heterocycles. The van der Waals surface area contributed by atoms with Gasteiger partial charge < -0.3 is 20.0 Å². The summed E-state index contributed by atoms with van der Waals surface area (Å²) in [4.78, 5) is 23.6. The number of hydrogen-bond donors (Lipinski definition) is 1. The minimum absolute atomic E-state index is 0.0490. The van der Waals surface area contributed by atoms with Crippen LogP contribution in [0.3, 0.4) is 0 Å². The molecule has 0 spiro atoms. The molecule has 0 saturated carbocycles. The molecule has 0 atom stereocenters. The zero-order valence-electron chi connectivity index (χ0n) is 18.1. The number of rotatable bonds is 7. The van der Waals surface area contributed by atoms with Crippen molar-refractivity contribution in [2.24, 2.45) is 0 Å². The maximum Gasteiger partial charge on any atom is 0.252 e. The second-order valence-corrected chi connectivity index (χ2v) is 8.04. The van der Waals surface area contributed by atoms with Crippen molar-refractivity contribution in [3.63, 3.8) is 0 Å². The molecule has 1 N–H and O–H groups in total. The van der Waals surface area contributed by atoms with Crippen molar-refractivity contribution in [3.05, 3.63) is 53.3 Å². The largest absolute Gasteiger partial charge is 0.368 e. The predicted molar refractivity (Wildman–Crippen MR) is 120 cm³/mol. The minimum Gasteiger partial charge on any atom is -0.368 e. The third-order valence-corrected chi connectivity index (χ3v) is 5.62. The number of anilines is 2. The highest BCUT2D eigenvalue weighted by atomic mass is 16.1. The number of piperazine rings is 1. The highest BCUT2D eigenvalue weighted by Gasteiger charge is 2.20. The van der Waals surface area contributed by atoms with Crippen molar-refractivity contribution in [1.82, 2.24) is 15.2 Å².